The van der Waals surface area contributed by atoms with Gasteiger partial charge in [0.2, 0.25) is 0 Å². The third-order valence-electron chi connectivity index (χ3n) is 4.08. The molecule has 1 heterocycles. The molecular weight excluding hydrogens is 322 g/mol. The lowest BCUT2D eigenvalue weighted by Gasteiger charge is -2.27. The van der Waals surface area contributed by atoms with Gasteiger partial charge in [-0.2, -0.15) is 5.10 Å². The Morgan fingerprint density at radius 3 is 2.38 bits per heavy atom. The Balaban J connectivity index is 1.88. The van der Waals surface area contributed by atoms with Crippen LogP contribution in [-0.4, -0.2) is 28.0 Å². The first-order chi connectivity index (χ1) is 11.3. The van der Waals surface area contributed by atoms with E-state index in [2.05, 4.69) is 9.84 Å². The fourth-order valence-corrected chi connectivity index (χ4v) is 2.86. The van der Waals surface area contributed by atoms with Gasteiger partial charge in [-0.05, 0) is 52.0 Å². The number of alkyl halides is 2. The summed E-state index contributed by atoms with van der Waals surface area (Å²) in [4.78, 5) is 23.3. The zero-order valence-corrected chi connectivity index (χ0v) is 14.0. The highest BCUT2D eigenvalue weighted by Crippen LogP contribution is 2.33. The molecule has 0 aromatic carbocycles. The van der Waals surface area contributed by atoms with Gasteiger partial charge in [-0.3, -0.25) is 9.48 Å². The Morgan fingerprint density at radius 1 is 1.25 bits per heavy atom. The van der Waals surface area contributed by atoms with Crippen molar-refractivity contribution in [3.63, 3.8) is 0 Å². The maximum Gasteiger partial charge on any atom is 0.516 e. The van der Waals surface area contributed by atoms with Crippen molar-refractivity contribution in [3.8, 4) is 0 Å². The molecule has 0 atom stereocenters. The van der Waals surface area contributed by atoms with Crippen LogP contribution in [0.15, 0.2) is 6.20 Å². The maximum atomic E-state index is 12.8. The van der Waals surface area contributed by atoms with E-state index in [1.54, 1.807) is 31.6 Å². The summed E-state index contributed by atoms with van der Waals surface area (Å²) in [7, 11) is 0. The van der Waals surface area contributed by atoms with Crippen LogP contribution in [-0.2, 0) is 14.3 Å². The first-order valence-electron chi connectivity index (χ1n) is 8.04. The van der Waals surface area contributed by atoms with Gasteiger partial charge in [0.15, 0.2) is 0 Å². The minimum absolute atomic E-state index is 0.0251. The third kappa shape index (κ3) is 4.52. The van der Waals surface area contributed by atoms with Crippen LogP contribution in [0.4, 0.5) is 13.6 Å². The van der Waals surface area contributed by atoms with Gasteiger partial charge in [0, 0.05) is 6.20 Å². The SMILES string of the molecule is Cc1cn(C2CCC(C(=O)OC(=O)OC(C)C)CC2)nc1C(F)F. The van der Waals surface area contributed by atoms with E-state index in [9.17, 15) is 18.4 Å². The lowest BCUT2D eigenvalue weighted by Crippen LogP contribution is -2.28. The Hall–Kier alpha value is -1.99. The summed E-state index contributed by atoms with van der Waals surface area (Å²) < 4.78 is 36.6. The Morgan fingerprint density at radius 2 is 1.88 bits per heavy atom. The number of hydrogen-bond donors (Lipinski definition) is 0. The molecule has 1 aromatic rings. The molecule has 0 unspecified atom stereocenters. The van der Waals surface area contributed by atoms with Gasteiger partial charge in [0.05, 0.1) is 18.1 Å². The molecule has 1 aromatic heterocycles. The number of carbonyl (C=O) groups is 2. The fourth-order valence-electron chi connectivity index (χ4n) is 2.86. The molecule has 0 amide bonds. The molecule has 8 heteroatoms. The zero-order chi connectivity index (χ0) is 17.9. The predicted molar refractivity (Wildman–Crippen MR) is 80.6 cm³/mol. The summed E-state index contributed by atoms with van der Waals surface area (Å²) in [5.41, 5.74) is 0.260. The lowest BCUT2D eigenvalue weighted by atomic mass is 9.86. The van der Waals surface area contributed by atoms with Crippen molar-refractivity contribution in [2.75, 3.05) is 0 Å². The second-order valence-corrected chi connectivity index (χ2v) is 6.32. The average Bonchev–Trinajstić information content (AvgIpc) is 2.88. The first kappa shape index (κ1) is 18.4. The molecule has 2 rings (SSSR count). The van der Waals surface area contributed by atoms with Crippen LogP contribution in [0.5, 0.6) is 0 Å². The Bertz CT molecular complexity index is 593. The number of rotatable bonds is 4. The third-order valence-corrected chi connectivity index (χ3v) is 4.08. The molecule has 0 bridgehead atoms. The van der Waals surface area contributed by atoms with Crippen molar-refractivity contribution in [3.05, 3.63) is 17.5 Å². The standard InChI is InChI=1S/C16H22F2N2O4/c1-9(2)23-16(22)24-15(21)11-4-6-12(7-5-11)20-8-10(3)13(19-20)14(17)18/h8-9,11-12,14H,4-7H2,1-3H3. The molecule has 24 heavy (non-hydrogen) atoms. The number of esters is 1. The van der Waals surface area contributed by atoms with Crippen LogP contribution < -0.4 is 0 Å². The molecule has 1 saturated carbocycles. The molecular formula is C16H22F2N2O4. The largest absolute Gasteiger partial charge is 0.516 e. The van der Waals surface area contributed by atoms with Gasteiger partial charge in [-0.1, -0.05) is 0 Å². The van der Waals surface area contributed by atoms with Crippen LogP contribution in [0.25, 0.3) is 0 Å². The van der Waals surface area contributed by atoms with Crippen molar-refractivity contribution in [1.29, 1.82) is 0 Å². The minimum atomic E-state index is -2.59. The quantitative estimate of drug-likeness (QED) is 0.611. The summed E-state index contributed by atoms with van der Waals surface area (Å²) in [6, 6.07) is -0.0251. The van der Waals surface area contributed by atoms with Crippen LogP contribution in [0.2, 0.25) is 0 Å². The van der Waals surface area contributed by atoms with E-state index in [4.69, 9.17) is 4.74 Å². The van der Waals surface area contributed by atoms with Gasteiger partial charge in [-0.15, -0.1) is 0 Å². The molecule has 0 N–H and O–H groups in total. The molecule has 1 fully saturated rings. The van der Waals surface area contributed by atoms with Crippen LogP contribution >= 0.6 is 0 Å². The lowest BCUT2D eigenvalue weighted by molar-refractivity contribution is -0.146. The van der Waals surface area contributed by atoms with E-state index in [1.165, 1.54) is 0 Å². The maximum absolute atomic E-state index is 12.8. The molecule has 0 radical (unpaired) electrons. The fraction of sp³-hybridized carbons (Fsp3) is 0.688. The average molecular weight is 344 g/mol. The van der Waals surface area contributed by atoms with Crippen LogP contribution in [0.3, 0.4) is 0 Å². The number of carbonyl (C=O) groups excluding carboxylic acids is 2. The number of hydrogen-bond acceptors (Lipinski definition) is 5. The van der Waals surface area contributed by atoms with Gasteiger partial charge in [0.1, 0.15) is 5.69 Å². The van der Waals surface area contributed by atoms with Crippen molar-refractivity contribution in [2.24, 2.45) is 5.92 Å². The van der Waals surface area contributed by atoms with Crippen LogP contribution in [0, 0.1) is 12.8 Å². The number of nitrogens with zero attached hydrogens (tertiary/aromatic N) is 2. The van der Waals surface area contributed by atoms with E-state index in [0.29, 0.717) is 31.2 Å². The second kappa shape index (κ2) is 7.72. The van der Waals surface area contributed by atoms with Crippen molar-refractivity contribution in [2.45, 2.75) is 65.0 Å². The molecule has 0 saturated heterocycles. The van der Waals surface area contributed by atoms with Crippen molar-refractivity contribution < 1.29 is 27.8 Å². The topological polar surface area (TPSA) is 70.4 Å². The number of ether oxygens (including phenoxy) is 2. The van der Waals surface area contributed by atoms with E-state index in [-0.39, 0.29) is 23.8 Å². The van der Waals surface area contributed by atoms with Gasteiger partial charge >= 0.3 is 12.1 Å². The molecule has 1 aliphatic rings. The summed E-state index contributed by atoms with van der Waals surface area (Å²) >= 11 is 0. The van der Waals surface area contributed by atoms with Gasteiger partial charge < -0.3 is 9.47 Å². The van der Waals surface area contributed by atoms with E-state index in [0.717, 1.165) is 0 Å². The smallest absolute Gasteiger partial charge is 0.431 e. The molecule has 0 spiro atoms. The molecule has 6 nitrogen and oxygen atoms in total. The number of halogens is 2. The molecule has 0 aliphatic heterocycles. The Labute approximate surface area is 139 Å². The van der Waals surface area contributed by atoms with Crippen LogP contribution in [0.1, 0.15) is 63.3 Å². The molecule has 134 valence electrons. The van der Waals surface area contributed by atoms with E-state index in [1.807, 2.05) is 0 Å². The zero-order valence-electron chi connectivity index (χ0n) is 14.0. The summed E-state index contributed by atoms with van der Waals surface area (Å²) in [5, 5.41) is 3.96. The normalized spacial score (nSPS) is 21.1. The highest BCUT2D eigenvalue weighted by molar-refractivity contribution is 5.83. The summed E-state index contributed by atoms with van der Waals surface area (Å²) in [6.45, 7) is 4.93. The second-order valence-electron chi connectivity index (χ2n) is 6.32. The van der Waals surface area contributed by atoms with Crippen molar-refractivity contribution >= 4 is 12.1 Å². The highest BCUT2D eigenvalue weighted by atomic mass is 19.3. The van der Waals surface area contributed by atoms with Gasteiger partial charge in [0.25, 0.3) is 6.43 Å². The van der Waals surface area contributed by atoms with E-state index < -0.39 is 18.6 Å². The molecule has 1 aliphatic carbocycles. The highest BCUT2D eigenvalue weighted by Gasteiger charge is 2.31. The summed E-state index contributed by atoms with van der Waals surface area (Å²) in [6.07, 6.45) is -0.0573. The monoisotopic (exact) mass is 344 g/mol. The van der Waals surface area contributed by atoms with Gasteiger partial charge in [-0.25, -0.2) is 13.6 Å². The van der Waals surface area contributed by atoms with Crippen molar-refractivity contribution in [1.82, 2.24) is 9.78 Å². The Kier molecular flexibility index (Phi) is 5.90. The minimum Gasteiger partial charge on any atom is -0.431 e. The van der Waals surface area contributed by atoms with E-state index >= 15 is 0 Å². The first-order valence-corrected chi connectivity index (χ1v) is 8.04. The predicted octanol–water partition coefficient (Wildman–Crippen LogP) is 3.95. The number of aromatic nitrogens is 2. The summed E-state index contributed by atoms with van der Waals surface area (Å²) in [5.74, 6) is -0.976. The number of aryl methyl sites for hydroxylation is 1.